The van der Waals surface area contributed by atoms with E-state index in [-0.39, 0.29) is 0 Å². The van der Waals surface area contributed by atoms with E-state index in [9.17, 15) is 0 Å². The molecule has 1 atom stereocenters. The van der Waals surface area contributed by atoms with Crippen LogP contribution in [-0.2, 0) is 5.41 Å². The van der Waals surface area contributed by atoms with Gasteiger partial charge < -0.3 is 19.3 Å². The lowest BCUT2D eigenvalue weighted by Crippen LogP contribution is -2.37. The standard InChI is InChI=1S/C53H34N4O/c1-55-45(32-44(54)33-15-3-2-4-16-33)34-17-13-18-35(29-34)56-46-25-9-6-20-37(46)39-30-51-43(31-49(39)56)53(41-23-8-12-28-50(41)58-51)40-22-7-11-27-48(40)57-47-26-10-5-19-36(47)38-21-14-24-42(53)52(38)57/h2-32,54H,1H2/b45-32-,54-44?. The number of aliphatic imine (C=N–C) groups is 1. The molecule has 10 aromatic rings. The fourth-order valence-electron chi connectivity index (χ4n) is 9.92. The van der Waals surface area contributed by atoms with Gasteiger partial charge in [-0.1, -0.05) is 133 Å². The Morgan fingerprint density at radius 3 is 1.98 bits per heavy atom. The second-order valence-electron chi connectivity index (χ2n) is 15.2. The normalized spacial score (nSPS) is 15.3. The zero-order valence-corrected chi connectivity index (χ0v) is 31.4. The van der Waals surface area contributed by atoms with E-state index in [4.69, 9.17) is 10.1 Å². The van der Waals surface area contributed by atoms with Crippen LogP contribution < -0.4 is 4.74 Å². The third-order valence-corrected chi connectivity index (χ3v) is 12.3. The van der Waals surface area contributed by atoms with E-state index in [1.54, 1.807) is 6.08 Å². The minimum atomic E-state index is -0.692. The molecule has 0 radical (unpaired) electrons. The van der Waals surface area contributed by atoms with Crippen LogP contribution in [0.1, 0.15) is 33.4 Å². The van der Waals surface area contributed by atoms with Crippen molar-refractivity contribution in [3.05, 3.63) is 221 Å². The smallest absolute Gasteiger partial charge is 0.133 e. The second kappa shape index (κ2) is 12.1. The SMILES string of the molecule is C=N/C(=C\C(=N)c1ccccc1)c1cccc(-n2c3ccccc3c3cc4c(cc32)C2(c3ccccc3O4)c3ccccc3-n3c4ccccc4c4cccc2c43)c1. The molecule has 58 heavy (non-hydrogen) atoms. The Kier molecular flexibility index (Phi) is 6.79. The van der Waals surface area contributed by atoms with Crippen LogP contribution in [0.4, 0.5) is 0 Å². The number of rotatable bonds is 5. The summed E-state index contributed by atoms with van der Waals surface area (Å²) in [6.07, 6.45) is 1.79. The highest BCUT2D eigenvalue weighted by molar-refractivity contribution is 6.14. The Hall–Kier alpha value is -7.76. The first-order valence-corrected chi connectivity index (χ1v) is 19.6. The van der Waals surface area contributed by atoms with Gasteiger partial charge in [0.25, 0.3) is 0 Å². The number of hydrogen-bond donors (Lipinski definition) is 1. The summed E-state index contributed by atoms with van der Waals surface area (Å²) in [7, 11) is 0. The minimum absolute atomic E-state index is 0.379. The first kappa shape index (κ1) is 32.5. The average Bonchev–Trinajstić information content (AvgIpc) is 3.80. The molecule has 1 spiro atoms. The zero-order chi connectivity index (χ0) is 38.5. The van der Waals surface area contributed by atoms with Crippen molar-refractivity contribution in [3.8, 4) is 22.9 Å². The van der Waals surface area contributed by atoms with Crippen molar-refractivity contribution in [2.45, 2.75) is 5.41 Å². The molecule has 2 aliphatic heterocycles. The number of benzene rings is 8. The van der Waals surface area contributed by atoms with Crippen molar-refractivity contribution in [1.29, 1.82) is 5.41 Å². The maximum absolute atomic E-state index is 8.84. The number of hydrogen-bond acceptors (Lipinski definition) is 3. The van der Waals surface area contributed by atoms with Crippen LogP contribution in [0, 0.1) is 5.41 Å². The monoisotopic (exact) mass is 742 g/mol. The third kappa shape index (κ3) is 4.30. The molecule has 0 saturated heterocycles. The van der Waals surface area contributed by atoms with E-state index in [2.05, 4.69) is 166 Å². The van der Waals surface area contributed by atoms with Crippen molar-refractivity contribution >= 4 is 61.7 Å². The van der Waals surface area contributed by atoms with Crippen molar-refractivity contribution in [2.24, 2.45) is 4.99 Å². The van der Waals surface area contributed by atoms with Crippen LogP contribution in [0.3, 0.4) is 0 Å². The maximum atomic E-state index is 8.84. The summed E-state index contributed by atoms with van der Waals surface area (Å²) in [5.41, 5.74) is 13.4. The molecular weight excluding hydrogens is 709 g/mol. The minimum Gasteiger partial charge on any atom is -0.457 e. The molecule has 12 rings (SSSR count). The van der Waals surface area contributed by atoms with Gasteiger partial charge in [0.05, 0.1) is 44.6 Å². The number of fused-ring (bicyclic) bond motifs is 14. The van der Waals surface area contributed by atoms with Crippen LogP contribution in [-0.4, -0.2) is 21.6 Å². The number of nitrogens with zero attached hydrogens (tertiary/aromatic N) is 3. The van der Waals surface area contributed by atoms with Crippen LogP contribution in [0.5, 0.6) is 11.5 Å². The van der Waals surface area contributed by atoms with Crippen LogP contribution in [0.25, 0.3) is 60.7 Å². The van der Waals surface area contributed by atoms with Gasteiger partial charge in [-0.15, -0.1) is 0 Å². The summed E-state index contributed by atoms with van der Waals surface area (Å²) >= 11 is 0. The molecule has 0 fully saturated rings. The predicted octanol–water partition coefficient (Wildman–Crippen LogP) is 12.8. The molecular formula is C53H34N4O. The molecule has 8 aromatic carbocycles. The summed E-state index contributed by atoms with van der Waals surface area (Å²) in [6.45, 7) is 3.92. The molecule has 5 nitrogen and oxygen atoms in total. The van der Waals surface area contributed by atoms with Crippen LogP contribution >= 0.6 is 0 Å². The number of para-hydroxylation sites is 5. The van der Waals surface area contributed by atoms with Gasteiger partial charge >= 0.3 is 0 Å². The molecule has 0 saturated carbocycles. The summed E-state index contributed by atoms with van der Waals surface area (Å²) in [6, 6.07) is 64.4. The summed E-state index contributed by atoms with van der Waals surface area (Å²) in [4.78, 5) is 4.42. The van der Waals surface area contributed by atoms with Gasteiger partial charge in [-0.2, -0.15) is 0 Å². The Balaban J connectivity index is 1.17. The summed E-state index contributed by atoms with van der Waals surface area (Å²) in [5.74, 6) is 1.71. The fraction of sp³-hybridized carbons (Fsp3) is 0.0189. The number of allylic oxidation sites excluding steroid dienone is 1. The van der Waals surface area contributed by atoms with Gasteiger partial charge in [0.1, 0.15) is 11.5 Å². The molecule has 272 valence electrons. The summed E-state index contributed by atoms with van der Waals surface area (Å²) in [5, 5.41) is 13.6. The van der Waals surface area contributed by atoms with Gasteiger partial charge in [-0.25, -0.2) is 0 Å². The van der Waals surface area contributed by atoms with E-state index in [1.807, 2.05) is 36.4 Å². The Labute approximate surface area is 334 Å². The quantitative estimate of drug-likeness (QED) is 0.175. The van der Waals surface area contributed by atoms with Crippen molar-refractivity contribution in [3.63, 3.8) is 0 Å². The van der Waals surface area contributed by atoms with Gasteiger partial charge in [-0.3, -0.25) is 4.99 Å². The highest BCUT2D eigenvalue weighted by Crippen LogP contribution is 2.61. The maximum Gasteiger partial charge on any atom is 0.133 e. The Morgan fingerprint density at radius 1 is 0.517 bits per heavy atom. The van der Waals surface area contributed by atoms with E-state index in [1.165, 1.54) is 38.6 Å². The third-order valence-electron chi connectivity index (χ3n) is 12.3. The van der Waals surface area contributed by atoms with E-state index in [0.29, 0.717) is 11.4 Å². The average molecular weight is 743 g/mol. The summed E-state index contributed by atoms with van der Waals surface area (Å²) < 4.78 is 11.8. The molecule has 0 amide bonds. The van der Waals surface area contributed by atoms with Crippen molar-refractivity contribution < 1.29 is 4.74 Å². The zero-order valence-electron chi connectivity index (χ0n) is 31.4. The van der Waals surface area contributed by atoms with Gasteiger partial charge in [-0.05, 0) is 78.0 Å². The van der Waals surface area contributed by atoms with Gasteiger partial charge in [0, 0.05) is 43.9 Å². The number of aromatic nitrogens is 2. The van der Waals surface area contributed by atoms with Gasteiger partial charge in [0.2, 0.25) is 0 Å². The number of nitrogens with one attached hydrogen (secondary N) is 1. The lowest BCUT2D eigenvalue weighted by atomic mass is 9.61. The van der Waals surface area contributed by atoms with E-state index < -0.39 is 5.41 Å². The first-order chi connectivity index (χ1) is 28.6. The van der Waals surface area contributed by atoms with Crippen molar-refractivity contribution in [1.82, 2.24) is 9.13 Å². The van der Waals surface area contributed by atoms with Crippen LogP contribution in [0.15, 0.2) is 193 Å². The molecule has 2 aromatic heterocycles. The van der Waals surface area contributed by atoms with E-state index >= 15 is 0 Å². The van der Waals surface area contributed by atoms with Crippen LogP contribution in [0.2, 0.25) is 0 Å². The molecule has 2 aliphatic rings. The number of ether oxygens (including phenoxy) is 1. The second-order valence-corrected chi connectivity index (χ2v) is 15.2. The molecule has 1 unspecified atom stereocenters. The fourth-order valence-corrected chi connectivity index (χ4v) is 9.92. The lowest BCUT2D eigenvalue weighted by molar-refractivity contribution is 0.435. The van der Waals surface area contributed by atoms with E-state index in [0.717, 1.165) is 61.2 Å². The van der Waals surface area contributed by atoms with Gasteiger partial charge in [0.15, 0.2) is 0 Å². The highest BCUT2D eigenvalue weighted by Gasteiger charge is 2.50. The Bertz CT molecular complexity index is 3420. The molecule has 0 aliphatic carbocycles. The molecule has 5 heteroatoms. The highest BCUT2D eigenvalue weighted by atomic mass is 16.5. The molecule has 0 bridgehead atoms. The predicted molar refractivity (Wildman–Crippen MR) is 238 cm³/mol. The topological polar surface area (TPSA) is 55.3 Å². The largest absolute Gasteiger partial charge is 0.457 e. The van der Waals surface area contributed by atoms with Crippen molar-refractivity contribution in [2.75, 3.05) is 0 Å². The molecule has 1 N–H and O–H groups in total. The Morgan fingerprint density at radius 2 is 1.16 bits per heavy atom. The first-order valence-electron chi connectivity index (χ1n) is 19.6. The lowest BCUT2D eigenvalue weighted by Gasteiger charge is -2.45. The molecule has 4 heterocycles.